The summed E-state index contributed by atoms with van der Waals surface area (Å²) in [7, 11) is 0. The summed E-state index contributed by atoms with van der Waals surface area (Å²) in [5.74, 6) is 2.10. The second-order valence-electron chi connectivity index (χ2n) is 7.55. The van der Waals surface area contributed by atoms with Crippen LogP contribution in [0.1, 0.15) is 37.7 Å². The molecule has 0 N–H and O–H groups in total. The van der Waals surface area contributed by atoms with Crippen LogP contribution in [0.25, 0.3) is 0 Å². The molecule has 0 aromatic heterocycles. The minimum atomic E-state index is 0.00557. The Balaban J connectivity index is 1.49. The van der Waals surface area contributed by atoms with Gasteiger partial charge in [-0.25, -0.2) is 0 Å². The molecule has 1 heterocycles. The molecule has 0 spiro atoms. The molecule has 1 amide bonds. The fraction of sp³-hybridized carbons (Fsp3) is 0.571. The average molecular weight is 341 g/mol. The van der Waals surface area contributed by atoms with Gasteiger partial charge in [0.1, 0.15) is 5.75 Å². The lowest BCUT2D eigenvalue weighted by Crippen LogP contribution is -2.58. The third kappa shape index (κ3) is 3.59. The molecule has 4 nitrogen and oxygen atoms in total. The number of hydrogen-bond donors (Lipinski definition) is 0. The number of amides is 1. The number of carbonyl (C=O) groups excluding carboxylic acids is 1. The lowest BCUT2D eigenvalue weighted by Gasteiger charge is -2.51. The van der Waals surface area contributed by atoms with Crippen LogP contribution in [-0.2, 0) is 16.1 Å². The van der Waals surface area contributed by atoms with E-state index >= 15 is 0 Å². The molecular weight excluding hydrogens is 314 g/mol. The van der Waals surface area contributed by atoms with Crippen molar-refractivity contribution in [1.29, 1.82) is 0 Å². The summed E-state index contributed by atoms with van der Waals surface area (Å²) >= 11 is 0. The molecule has 4 heteroatoms. The van der Waals surface area contributed by atoms with Gasteiger partial charge >= 0.3 is 0 Å². The minimum Gasteiger partial charge on any atom is -0.493 e. The van der Waals surface area contributed by atoms with Crippen LogP contribution in [0.2, 0.25) is 0 Å². The van der Waals surface area contributed by atoms with Gasteiger partial charge in [-0.1, -0.05) is 24.8 Å². The Morgan fingerprint density at radius 2 is 2.16 bits per heavy atom. The molecule has 3 atom stereocenters. The summed E-state index contributed by atoms with van der Waals surface area (Å²) in [6, 6.07) is 8.36. The Morgan fingerprint density at radius 3 is 2.92 bits per heavy atom. The number of ether oxygens (including phenoxy) is 2. The summed E-state index contributed by atoms with van der Waals surface area (Å²) in [4.78, 5) is 14.5. The van der Waals surface area contributed by atoms with Crippen molar-refractivity contribution in [3.05, 3.63) is 42.5 Å². The monoisotopic (exact) mass is 341 g/mol. The van der Waals surface area contributed by atoms with Crippen molar-refractivity contribution in [1.82, 2.24) is 4.90 Å². The number of benzene rings is 1. The molecule has 1 aromatic carbocycles. The van der Waals surface area contributed by atoms with Gasteiger partial charge in [0.05, 0.1) is 12.7 Å². The van der Waals surface area contributed by atoms with Gasteiger partial charge in [-0.3, -0.25) is 4.79 Å². The molecule has 0 radical (unpaired) electrons. The fourth-order valence-electron chi connectivity index (χ4n) is 4.05. The maximum Gasteiger partial charge on any atom is 0.246 e. The Bertz CT molecular complexity index is 640. The number of hydrogen-bond acceptors (Lipinski definition) is 3. The summed E-state index contributed by atoms with van der Waals surface area (Å²) in [6.45, 7) is 5.94. The minimum absolute atomic E-state index is 0.00557. The summed E-state index contributed by atoms with van der Waals surface area (Å²) < 4.78 is 11.9. The first-order chi connectivity index (χ1) is 12.3. The maximum absolute atomic E-state index is 12.5. The van der Waals surface area contributed by atoms with E-state index in [2.05, 4.69) is 12.6 Å². The highest BCUT2D eigenvalue weighted by atomic mass is 16.5. The molecule has 0 bridgehead atoms. The quantitative estimate of drug-likeness (QED) is 0.712. The Morgan fingerprint density at radius 1 is 1.32 bits per heavy atom. The van der Waals surface area contributed by atoms with Gasteiger partial charge < -0.3 is 14.4 Å². The van der Waals surface area contributed by atoms with E-state index in [1.165, 1.54) is 18.9 Å². The second-order valence-corrected chi connectivity index (χ2v) is 7.55. The molecule has 3 fully saturated rings. The Hall–Kier alpha value is -1.81. The van der Waals surface area contributed by atoms with E-state index in [1.807, 2.05) is 23.1 Å². The highest BCUT2D eigenvalue weighted by Gasteiger charge is 2.47. The van der Waals surface area contributed by atoms with Crippen LogP contribution in [-0.4, -0.2) is 36.2 Å². The zero-order valence-electron chi connectivity index (χ0n) is 14.7. The van der Waals surface area contributed by atoms with Gasteiger partial charge in [-0.15, -0.1) is 0 Å². The average Bonchev–Trinajstić information content (AvgIpc) is 3.45. The van der Waals surface area contributed by atoms with Crippen LogP contribution in [0.5, 0.6) is 5.75 Å². The van der Waals surface area contributed by atoms with Crippen LogP contribution in [0.15, 0.2) is 36.9 Å². The third-order valence-corrected chi connectivity index (χ3v) is 5.80. The maximum atomic E-state index is 12.5. The van der Waals surface area contributed by atoms with Crippen molar-refractivity contribution in [2.75, 3.05) is 13.2 Å². The predicted octanol–water partition coefficient (Wildman–Crippen LogP) is 3.56. The van der Waals surface area contributed by atoms with Crippen LogP contribution < -0.4 is 4.74 Å². The van der Waals surface area contributed by atoms with Crippen LogP contribution in [0.3, 0.4) is 0 Å². The first-order valence-corrected chi connectivity index (χ1v) is 9.51. The van der Waals surface area contributed by atoms with E-state index in [1.54, 1.807) is 0 Å². The lowest BCUT2D eigenvalue weighted by molar-refractivity contribution is -0.155. The highest BCUT2D eigenvalue weighted by Crippen LogP contribution is 2.42. The molecule has 1 saturated heterocycles. The summed E-state index contributed by atoms with van der Waals surface area (Å²) in [5.41, 5.74) is 1.08. The number of para-hydroxylation sites is 1. The number of fused-ring (bicyclic) bond motifs is 1. The van der Waals surface area contributed by atoms with Gasteiger partial charge in [-0.2, -0.15) is 0 Å². The molecule has 2 saturated carbocycles. The topological polar surface area (TPSA) is 38.8 Å². The van der Waals surface area contributed by atoms with Crippen LogP contribution >= 0.6 is 0 Å². The van der Waals surface area contributed by atoms with Crippen molar-refractivity contribution >= 4 is 5.91 Å². The van der Waals surface area contributed by atoms with Gasteiger partial charge in [0, 0.05) is 30.7 Å². The standard InChI is InChI=1S/C21H27NO3/c1-2-21(23)22(18-12-20-17(18)7-5-11-24-20)13-16-6-3-4-8-19(16)25-14-15-9-10-15/h2-4,6,8,15,17-18,20H,1,5,7,9-14H2/t17-,18-,20+/m1/s1. The number of carbonyl (C=O) groups is 1. The predicted molar refractivity (Wildman–Crippen MR) is 96.3 cm³/mol. The first kappa shape index (κ1) is 16.6. The summed E-state index contributed by atoms with van der Waals surface area (Å²) in [5, 5.41) is 0. The summed E-state index contributed by atoms with van der Waals surface area (Å²) in [6.07, 6.45) is 7.49. The molecule has 0 unspecified atom stereocenters. The fourth-order valence-corrected chi connectivity index (χ4v) is 4.05. The number of rotatable bonds is 7. The first-order valence-electron chi connectivity index (χ1n) is 9.51. The van der Waals surface area contributed by atoms with Gasteiger partial charge in [0.15, 0.2) is 0 Å². The van der Waals surface area contributed by atoms with Crippen LogP contribution in [0.4, 0.5) is 0 Å². The van der Waals surface area contributed by atoms with E-state index in [4.69, 9.17) is 9.47 Å². The zero-order valence-corrected chi connectivity index (χ0v) is 14.7. The van der Waals surface area contributed by atoms with Crippen molar-refractivity contribution in [3.63, 3.8) is 0 Å². The second kappa shape index (κ2) is 7.20. The Labute approximate surface area is 149 Å². The van der Waals surface area contributed by atoms with Crippen molar-refractivity contribution in [2.24, 2.45) is 11.8 Å². The van der Waals surface area contributed by atoms with E-state index in [0.29, 0.717) is 24.5 Å². The normalized spacial score (nSPS) is 27.8. The van der Waals surface area contributed by atoms with Crippen molar-refractivity contribution < 1.29 is 14.3 Å². The van der Waals surface area contributed by atoms with Gasteiger partial charge in [0.2, 0.25) is 5.91 Å². The third-order valence-electron chi connectivity index (χ3n) is 5.80. The molecule has 1 aliphatic heterocycles. The molecular formula is C21H27NO3. The van der Waals surface area contributed by atoms with E-state index in [9.17, 15) is 4.79 Å². The molecule has 134 valence electrons. The zero-order chi connectivity index (χ0) is 17.2. The Kier molecular flexibility index (Phi) is 4.80. The molecule has 4 rings (SSSR count). The van der Waals surface area contributed by atoms with E-state index < -0.39 is 0 Å². The van der Waals surface area contributed by atoms with Crippen LogP contribution in [0, 0.1) is 11.8 Å². The van der Waals surface area contributed by atoms with Gasteiger partial charge in [-0.05, 0) is 50.2 Å². The highest BCUT2D eigenvalue weighted by molar-refractivity contribution is 5.87. The molecule has 1 aromatic rings. The van der Waals surface area contributed by atoms with Crippen molar-refractivity contribution in [2.45, 2.75) is 50.8 Å². The van der Waals surface area contributed by atoms with E-state index in [-0.39, 0.29) is 11.9 Å². The molecule has 25 heavy (non-hydrogen) atoms. The molecule has 3 aliphatic rings. The van der Waals surface area contributed by atoms with E-state index in [0.717, 1.165) is 43.8 Å². The van der Waals surface area contributed by atoms with Gasteiger partial charge in [0.25, 0.3) is 0 Å². The smallest absolute Gasteiger partial charge is 0.246 e. The van der Waals surface area contributed by atoms with Crippen molar-refractivity contribution in [3.8, 4) is 5.75 Å². The number of nitrogens with zero attached hydrogens (tertiary/aromatic N) is 1. The lowest BCUT2D eigenvalue weighted by atomic mass is 9.71. The SMILES string of the molecule is C=CC(=O)N(Cc1ccccc1OCC1CC1)[C@@H]1C[C@@H]2OCCC[C@@H]21. The largest absolute Gasteiger partial charge is 0.493 e. The molecule has 2 aliphatic carbocycles.